The summed E-state index contributed by atoms with van der Waals surface area (Å²) in [6.07, 6.45) is 7.58. The molecule has 6 heteroatoms. The number of rotatable bonds is 6. The average Bonchev–Trinajstić information content (AvgIpc) is 3.39. The van der Waals surface area contributed by atoms with Gasteiger partial charge in [-0.1, -0.05) is 48.4 Å². The fraction of sp³-hybridized carbons (Fsp3) is 0.591. The van der Waals surface area contributed by atoms with Gasteiger partial charge in [-0.05, 0) is 57.7 Å². The van der Waals surface area contributed by atoms with Crippen molar-refractivity contribution in [3.8, 4) is 0 Å². The highest BCUT2D eigenvalue weighted by molar-refractivity contribution is 5.93. The SMILES string of the molecule is Cc1c(C(=O)N(CCc2ccccc2)C2CCCC2)nnn1C1CCNCC1. The van der Waals surface area contributed by atoms with Crippen molar-refractivity contribution in [3.63, 3.8) is 0 Å². The summed E-state index contributed by atoms with van der Waals surface area (Å²) in [5, 5.41) is 12.1. The lowest BCUT2D eigenvalue weighted by molar-refractivity contribution is 0.0677. The van der Waals surface area contributed by atoms with Gasteiger partial charge in [0.2, 0.25) is 0 Å². The zero-order valence-corrected chi connectivity index (χ0v) is 16.8. The fourth-order valence-corrected chi connectivity index (χ4v) is 4.63. The smallest absolute Gasteiger partial charge is 0.276 e. The van der Waals surface area contributed by atoms with Crippen molar-refractivity contribution in [2.24, 2.45) is 0 Å². The summed E-state index contributed by atoms with van der Waals surface area (Å²) in [7, 11) is 0. The molecule has 0 unspecified atom stereocenters. The number of benzene rings is 1. The van der Waals surface area contributed by atoms with Crippen molar-refractivity contribution in [1.29, 1.82) is 0 Å². The van der Waals surface area contributed by atoms with Crippen molar-refractivity contribution in [2.45, 2.75) is 64.0 Å². The van der Waals surface area contributed by atoms with E-state index in [4.69, 9.17) is 0 Å². The molecule has 0 bridgehead atoms. The second-order valence-corrected chi connectivity index (χ2v) is 8.12. The number of hydrogen-bond donors (Lipinski definition) is 1. The summed E-state index contributed by atoms with van der Waals surface area (Å²) < 4.78 is 1.98. The highest BCUT2D eigenvalue weighted by Crippen LogP contribution is 2.26. The summed E-state index contributed by atoms with van der Waals surface area (Å²) >= 11 is 0. The van der Waals surface area contributed by atoms with Crippen molar-refractivity contribution < 1.29 is 4.79 Å². The Balaban J connectivity index is 1.52. The molecule has 0 radical (unpaired) electrons. The first-order chi connectivity index (χ1) is 13.7. The summed E-state index contributed by atoms with van der Waals surface area (Å²) in [5.74, 6) is 0.0560. The lowest BCUT2D eigenvalue weighted by Gasteiger charge is -2.29. The van der Waals surface area contributed by atoms with E-state index in [1.54, 1.807) is 0 Å². The monoisotopic (exact) mass is 381 g/mol. The van der Waals surface area contributed by atoms with E-state index >= 15 is 0 Å². The molecule has 150 valence electrons. The van der Waals surface area contributed by atoms with Crippen LogP contribution in [0.2, 0.25) is 0 Å². The zero-order valence-electron chi connectivity index (χ0n) is 16.8. The van der Waals surface area contributed by atoms with Gasteiger partial charge in [-0.25, -0.2) is 4.68 Å². The average molecular weight is 382 g/mol. The number of piperidine rings is 1. The standard InChI is InChI=1S/C22H31N5O/c1-17-21(24-25-27(17)20-11-14-23-15-12-20)22(28)26(19-9-5-6-10-19)16-13-18-7-3-2-4-8-18/h2-4,7-8,19-20,23H,5-6,9-16H2,1H3. The maximum atomic E-state index is 13.5. The van der Waals surface area contributed by atoms with Gasteiger partial charge in [-0.3, -0.25) is 4.79 Å². The van der Waals surface area contributed by atoms with E-state index in [1.807, 2.05) is 17.7 Å². The number of amides is 1. The number of aromatic nitrogens is 3. The second kappa shape index (κ2) is 8.86. The highest BCUT2D eigenvalue weighted by Gasteiger charge is 2.31. The first kappa shape index (κ1) is 19.1. The van der Waals surface area contributed by atoms with Crippen LogP contribution >= 0.6 is 0 Å². The summed E-state index contributed by atoms with van der Waals surface area (Å²) in [6, 6.07) is 11.1. The molecule has 1 amide bonds. The van der Waals surface area contributed by atoms with Crippen LogP contribution < -0.4 is 5.32 Å². The highest BCUT2D eigenvalue weighted by atomic mass is 16.2. The molecule has 1 aliphatic carbocycles. The molecule has 1 saturated carbocycles. The molecule has 1 aromatic carbocycles. The van der Waals surface area contributed by atoms with E-state index in [9.17, 15) is 4.79 Å². The molecule has 0 spiro atoms. The summed E-state index contributed by atoms with van der Waals surface area (Å²) in [4.78, 5) is 15.5. The second-order valence-electron chi connectivity index (χ2n) is 8.12. The predicted molar refractivity (Wildman–Crippen MR) is 109 cm³/mol. The van der Waals surface area contributed by atoms with Gasteiger partial charge in [0.1, 0.15) is 0 Å². The Bertz CT molecular complexity index is 775. The minimum absolute atomic E-state index is 0.0560. The maximum absolute atomic E-state index is 13.5. The van der Waals surface area contributed by atoms with Crippen LogP contribution in [0.25, 0.3) is 0 Å². The number of hydrogen-bond acceptors (Lipinski definition) is 4. The van der Waals surface area contributed by atoms with Gasteiger partial charge in [0.05, 0.1) is 11.7 Å². The van der Waals surface area contributed by atoms with Crippen LogP contribution in [0.4, 0.5) is 0 Å². The minimum Gasteiger partial charge on any atom is -0.334 e. The Morgan fingerprint density at radius 3 is 2.57 bits per heavy atom. The normalized spacial score (nSPS) is 18.5. The molecule has 4 rings (SSSR count). The van der Waals surface area contributed by atoms with Gasteiger partial charge < -0.3 is 10.2 Å². The molecule has 1 N–H and O–H groups in total. The van der Waals surface area contributed by atoms with Gasteiger partial charge in [-0.15, -0.1) is 5.10 Å². The first-order valence-electron chi connectivity index (χ1n) is 10.7. The van der Waals surface area contributed by atoms with E-state index in [0.29, 0.717) is 17.8 Å². The Morgan fingerprint density at radius 1 is 1.14 bits per heavy atom. The van der Waals surface area contributed by atoms with Crippen LogP contribution in [0.3, 0.4) is 0 Å². The zero-order chi connectivity index (χ0) is 19.3. The van der Waals surface area contributed by atoms with Gasteiger partial charge in [0.15, 0.2) is 5.69 Å². The minimum atomic E-state index is 0.0560. The van der Waals surface area contributed by atoms with E-state index in [2.05, 4.69) is 44.8 Å². The molecule has 2 aliphatic rings. The Labute approximate surface area is 167 Å². The third kappa shape index (κ3) is 4.12. The largest absolute Gasteiger partial charge is 0.334 e. The molecule has 2 fully saturated rings. The maximum Gasteiger partial charge on any atom is 0.276 e. The van der Waals surface area contributed by atoms with E-state index < -0.39 is 0 Å². The van der Waals surface area contributed by atoms with Crippen LogP contribution in [-0.4, -0.2) is 51.5 Å². The molecule has 1 saturated heterocycles. The predicted octanol–water partition coefficient (Wildman–Crippen LogP) is 3.14. The van der Waals surface area contributed by atoms with Crippen LogP contribution in [0, 0.1) is 6.92 Å². The van der Waals surface area contributed by atoms with Crippen molar-refractivity contribution in [2.75, 3.05) is 19.6 Å². The third-order valence-corrected chi connectivity index (χ3v) is 6.30. The number of carbonyl (C=O) groups excluding carboxylic acids is 1. The lowest BCUT2D eigenvalue weighted by Crippen LogP contribution is -2.40. The van der Waals surface area contributed by atoms with Gasteiger partial charge in [0, 0.05) is 12.6 Å². The summed E-state index contributed by atoms with van der Waals surface area (Å²) in [5.41, 5.74) is 2.73. The van der Waals surface area contributed by atoms with Crippen LogP contribution in [0.5, 0.6) is 0 Å². The quantitative estimate of drug-likeness (QED) is 0.835. The van der Waals surface area contributed by atoms with Crippen molar-refractivity contribution >= 4 is 5.91 Å². The topological polar surface area (TPSA) is 63.1 Å². The molecule has 2 heterocycles. The Morgan fingerprint density at radius 2 is 1.86 bits per heavy atom. The van der Waals surface area contributed by atoms with E-state index in [-0.39, 0.29) is 5.91 Å². The van der Waals surface area contributed by atoms with Crippen LogP contribution in [-0.2, 0) is 6.42 Å². The van der Waals surface area contributed by atoms with Gasteiger partial charge in [0.25, 0.3) is 5.91 Å². The number of nitrogens with zero attached hydrogens (tertiary/aromatic N) is 4. The van der Waals surface area contributed by atoms with Gasteiger partial charge >= 0.3 is 0 Å². The molecule has 6 nitrogen and oxygen atoms in total. The van der Waals surface area contributed by atoms with Crippen molar-refractivity contribution in [1.82, 2.24) is 25.2 Å². The molecule has 2 aromatic rings. The molecule has 1 aliphatic heterocycles. The number of nitrogens with one attached hydrogen (secondary N) is 1. The Hall–Kier alpha value is -2.21. The van der Waals surface area contributed by atoms with E-state index in [1.165, 1.54) is 18.4 Å². The number of carbonyl (C=O) groups is 1. The van der Waals surface area contributed by atoms with E-state index in [0.717, 1.165) is 57.4 Å². The molecular weight excluding hydrogens is 350 g/mol. The Kier molecular flexibility index (Phi) is 6.05. The molecule has 0 atom stereocenters. The van der Waals surface area contributed by atoms with Crippen LogP contribution in [0.15, 0.2) is 30.3 Å². The summed E-state index contributed by atoms with van der Waals surface area (Å²) in [6.45, 7) is 4.74. The molecule has 1 aromatic heterocycles. The molecule has 28 heavy (non-hydrogen) atoms. The van der Waals surface area contributed by atoms with Gasteiger partial charge in [-0.2, -0.15) is 0 Å². The first-order valence-corrected chi connectivity index (χ1v) is 10.7. The van der Waals surface area contributed by atoms with Crippen LogP contribution in [0.1, 0.15) is 66.3 Å². The fourth-order valence-electron chi connectivity index (χ4n) is 4.63. The van der Waals surface area contributed by atoms with Crippen molar-refractivity contribution in [3.05, 3.63) is 47.3 Å². The lowest BCUT2D eigenvalue weighted by atomic mass is 10.1. The third-order valence-electron chi connectivity index (χ3n) is 6.30. The molecular formula is C22H31N5O.